The van der Waals surface area contributed by atoms with E-state index in [1.54, 1.807) is 6.07 Å². The number of hydrogen-bond donors (Lipinski definition) is 1. The average molecular weight is 338 g/mol. The number of carbonyl (C=O) groups excluding carboxylic acids is 2. The zero-order chi connectivity index (χ0) is 17.8. The van der Waals surface area contributed by atoms with E-state index < -0.39 is 0 Å². The minimum Gasteiger partial charge on any atom is -0.507 e. The Morgan fingerprint density at radius 1 is 1.20 bits per heavy atom. The SMILES string of the molecule is CCC1CN(c2ccccc2)CCN1C(=O)c1ccc(O)c(C=O)c1. The van der Waals surface area contributed by atoms with E-state index in [2.05, 4.69) is 24.0 Å². The normalized spacial score (nSPS) is 17.4. The summed E-state index contributed by atoms with van der Waals surface area (Å²) in [5.41, 5.74) is 1.74. The number of rotatable bonds is 4. The van der Waals surface area contributed by atoms with Gasteiger partial charge in [0.2, 0.25) is 0 Å². The van der Waals surface area contributed by atoms with Crippen LogP contribution in [0.2, 0.25) is 0 Å². The molecule has 1 aliphatic rings. The quantitative estimate of drug-likeness (QED) is 0.871. The van der Waals surface area contributed by atoms with Crippen LogP contribution in [0.1, 0.15) is 34.1 Å². The fraction of sp³-hybridized carbons (Fsp3) is 0.300. The smallest absolute Gasteiger partial charge is 0.254 e. The van der Waals surface area contributed by atoms with Gasteiger partial charge in [-0.05, 0) is 36.8 Å². The first-order valence-corrected chi connectivity index (χ1v) is 8.53. The van der Waals surface area contributed by atoms with Gasteiger partial charge in [-0.25, -0.2) is 0 Å². The second kappa shape index (κ2) is 7.38. The molecule has 0 bridgehead atoms. The molecule has 130 valence electrons. The van der Waals surface area contributed by atoms with Crippen molar-refractivity contribution in [2.45, 2.75) is 19.4 Å². The van der Waals surface area contributed by atoms with E-state index in [-0.39, 0.29) is 23.3 Å². The fourth-order valence-corrected chi connectivity index (χ4v) is 3.29. The summed E-state index contributed by atoms with van der Waals surface area (Å²) in [5, 5.41) is 9.62. The van der Waals surface area contributed by atoms with Crippen molar-refractivity contribution in [3.8, 4) is 5.75 Å². The van der Waals surface area contributed by atoms with E-state index in [0.29, 0.717) is 18.4 Å². The number of aldehydes is 1. The first-order valence-electron chi connectivity index (χ1n) is 8.53. The molecule has 2 aromatic carbocycles. The molecule has 1 atom stereocenters. The van der Waals surface area contributed by atoms with Crippen LogP contribution in [0, 0.1) is 0 Å². The zero-order valence-corrected chi connectivity index (χ0v) is 14.3. The van der Waals surface area contributed by atoms with Gasteiger partial charge in [0.1, 0.15) is 5.75 Å². The summed E-state index contributed by atoms with van der Waals surface area (Å²) in [6, 6.07) is 14.7. The number of phenolic OH excluding ortho intramolecular Hbond substituents is 1. The van der Waals surface area contributed by atoms with E-state index in [1.165, 1.54) is 17.8 Å². The third-order valence-corrected chi connectivity index (χ3v) is 4.74. The minimum absolute atomic E-state index is 0.0948. The van der Waals surface area contributed by atoms with Crippen molar-refractivity contribution in [1.29, 1.82) is 0 Å². The summed E-state index contributed by atoms with van der Waals surface area (Å²) >= 11 is 0. The largest absolute Gasteiger partial charge is 0.507 e. The van der Waals surface area contributed by atoms with Gasteiger partial charge in [0.25, 0.3) is 5.91 Å². The molecule has 0 aromatic heterocycles. The van der Waals surface area contributed by atoms with Crippen LogP contribution < -0.4 is 4.90 Å². The Balaban J connectivity index is 1.78. The summed E-state index contributed by atoms with van der Waals surface area (Å²) in [7, 11) is 0. The molecule has 1 saturated heterocycles. The first-order chi connectivity index (χ1) is 12.1. The number of phenols is 1. The second-order valence-electron chi connectivity index (χ2n) is 6.23. The molecular formula is C20H22N2O3. The number of nitrogens with zero attached hydrogens (tertiary/aromatic N) is 2. The number of aromatic hydroxyl groups is 1. The van der Waals surface area contributed by atoms with Crippen LogP contribution in [0.5, 0.6) is 5.75 Å². The van der Waals surface area contributed by atoms with Gasteiger partial charge in [0.15, 0.2) is 6.29 Å². The van der Waals surface area contributed by atoms with Crippen LogP contribution in [-0.4, -0.2) is 47.9 Å². The third kappa shape index (κ3) is 3.50. The highest BCUT2D eigenvalue weighted by molar-refractivity contribution is 5.96. The van der Waals surface area contributed by atoms with Crippen molar-refractivity contribution in [2.75, 3.05) is 24.5 Å². The summed E-state index contributed by atoms with van der Waals surface area (Å²) in [4.78, 5) is 28.1. The number of piperazine rings is 1. The standard InChI is InChI=1S/C20H22N2O3/c1-2-17-13-21(18-6-4-3-5-7-18)10-11-22(17)20(25)15-8-9-19(24)16(12-15)14-23/h3-9,12,14,17,24H,2,10-11,13H2,1H3. The highest BCUT2D eigenvalue weighted by Crippen LogP contribution is 2.23. The number of anilines is 1. The van der Waals surface area contributed by atoms with Gasteiger partial charge in [-0.1, -0.05) is 25.1 Å². The van der Waals surface area contributed by atoms with E-state index in [0.717, 1.165) is 19.5 Å². The Morgan fingerprint density at radius 3 is 2.64 bits per heavy atom. The molecule has 0 saturated carbocycles. The van der Waals surface area contributed by atoms with E-state index in [4.69, 9.17) is 0 Å². The first kappa shape index (κ1) is 17.0. The molecule has 1 N–H and O–H groups in total. The molecule has 1 fully saturated rings. The van der Waals surface area contributed by atoms with Gasteiger partial charge in [0.05, 0.1) is 5.56 Å². The van der Waals surface area contributed by atoms with Crippen LogP contribution in [0.25, 0.3) is 0 Å². The maximum atomic E-state index is 12.9. The Kier molecular flexibility index (Phi) is 5.03. The van der Waals surface area contributed by atoms with Gasteiger partial charge < -0.3 is 14.9 Å². The molecule has 1 amide bonds. The number of amides is 1. The van der Waals surface area contributed by atoms with Crippen molar-refractivity contribution in [3.63, 3.8) is 0 Å². The Morgan fingerprint density at radius 2 is 1.96 bits per heavy atom. The Bertz CT molecular complexity index is 761. The molecule has 1 heterocycles. The molecule has 1 unspecified atom stereocenters. The minimum atomic E-state index is -0.104. The molecule has 25 heavy (non-hydrogen) atoms. The van der Waals surface area contributed by atoms with Crippen molar-refractivity contribution >= 4 is 17.9 Å². The van der Waals surface area contributed by atoms with Crippen molar-refractivity contribution in [2.24, 2.45) is 0 Å². The molecular weight excluding hydrogens is 316 g/mol. The van der Waals surface area contributed by atoms with Crippen LogP contribution in [0.4, 0.5) is 5.69 Å². The van der Waals surface area contributed by atoms with Crippen LogP contribution >= 0.6 is 0 Å². The summed E-state index contributed by atoms with van der Waals surface area (Å²) in [5.74, 6) is -0.199. The monoisotopic (exact) mass is 338 g/mol. The third-order valence-electron chi connectivity index (χ3n) is 4.74. The van der Waals surface area contributed by atoms with Crippen LogP contribution in [-0.2, 0) is 0 Å². The maximum Gasteiger partial charge on any atom is 0.254 e. The zero-order valence-electron chi connectivity index (χ0n) is 14.3. The van der Waals surface area contributed by atoms with E-state index in [1.807, 2.05) is 23.1 Å². The molecule has 0 radical (unpaired) electrons. The van der Waals surface area contributed by atoms with Gasteiger partial charge in [-0.3, -0.25) is 9.59 Å². The lowest BCUT2D eigenvalue weighted by molar-refractivity contribution is 0.0652. The summed E-state index contributed by atoms with van der Waals surface area (Å²) in [6.45, 7) is 4.26. The van der Waals surface area contributed by atoms with Gasteiger partial charge in [-0.15, -0.1) is 0 Å². The number of carbonyl (C=O) groups is 2. The maximum absolute atomic E-state index is 12.9. The highest BCUT2D eigenvalue weighted by Gasteiger charge is 2.30. The van der Waals surface area contributed by atoms with Gasteiger partial charge in [-0.2, -0.15) is 0 Å². The second-order valence-corrected chi connectivity index (χ2v) is 6.23. The topological polar surface area (TPSA) is 60.9 Å². The van der Waals surface area contributed by atoms with Crippen LogP contribution in [0.3, 0.4) is 0 Å². The Hall–Kier alpha value is -2.82. The van der Waals surface area contributed by atoms with Gasteiger partial charge in [0, 0.05) is 36.9 Å². The van der Waals surface area contributed by atoms with Crippen molar-refractivity contribution in [1.82, 2.24) is 4.90 Å². The highest BCUT2D eigenvalue weighted by atomic mass is 16.3. The molecule has 0 spiro atoms. The molecule has 3 rings (SSSR count). The number of benzene rings is 2. The lowest BCUT2D eigenvalue weighted by Crippen LogP contribution is -2.55. The average Bonchev–Trinajstić information content (AvgIpc) is 2.68. The lowest BCUT2D eigenvalue weighted by atomic mass is 10.0. The molecule has 5 heteroatoms. The predicted molar refractivity (Wildman–Crippen MR) is 97.3 cm³/mol. The van der Waals surface area contributed by atoms with E-state index >= 15 is 0 Å². The number of hydrogen-bond acceptors (Lipinski definition) is 4. The van der Waals surface area contributed by atoms with E-state index in [9.17, 15) is 14.7 Å². The van der Waals surface area contributed by atoms with Crippen molar-refractivity contribution in [3.05, 3.63) is 59.7 Å². The summed E-state index contributed by atoms with van der Waals surface area (Å²) in [6.07, 6.45) is 1.42. The van der Waals surface area contributed by atoms with Gasteiger partial charge >= 0.3 is 0 Å². The van der Waals surface area contributed by atoms with Crippen molar-refractivity contribution < 1.29 is 14.7 Å². The molecule has 5 nitrogen and oxygen atoms in total. The lowest BCUT2D eigenvalue weighted by Gasteiger charge is -2.42. The molecule has 0 aliphatic carbocycles. The molecule has 2 aromatic rings. The predicted octanol–water partition coefficient (Wildman–Crippen LogP) is 2.95. The van der Waals surface area contributed by atoms with Crippen LogP contribution in [0.15, 0.2) is 48.5 Å². The number of para-hydroxylation sites is 1. The summed E-state index contributed by atoms with van der Waals surface area (Å²) < 4.78 is 0. The molecule has 1 aliphatic heterocycles. The fourth-order valence-electron chi connectivity index (χ4n) is 3.29. The Labute approximate surface area is 147 Å².